The maximum Gasteiger partial charge on any atom is 0.246 e. The predicted molar refractivity (Wildman–Crippen MR) is 77.3 cm³/mol. The van der Waals surface area contributed by atoms with Gasteiger partial charge in [0.05, 0.1) is 0 Å². The summed E-state index contributed by atoms with van der Waals surface area (Å²) in [5.41, 5.74) is 6.18. The first-order chi connectivity index (χ1) is 9.23. The van der Waals surface area contributed by atoms with E-state index in [0.29, 0.717) is 12.5 Å². The summed E-state index contributed by atoms with van der Waals surface area (Å²) in [6.07, 6.45) is 2.08. The molecule has 0 heterocycles. The normalized spacial score (nSPS) is 16.1. The minimum Gasteiger partial charge on any atom is -0.399 e. The van der Waals surface area contributed by atoms with Crippen LogP contribution in [0.1, 0.15) is 32.3 Å². The maximum absolute atomic E-state index is 14.2. The Morgan fingerprint density at radius 2 is 2.00 bits per heavy atom. The molecule has 112 valence electrons. The van der Waals surface area contributed by atoms with E-state index in [2.05, 4.69) is 0 Å². The Bertz CT molecular complexity index is 610. The number of rotatable bonds is 5. The van der Waals surface area contributed by atoms with Crippen LogP contribution in [-0.4, -0.2) is 25.3 Å². The summed E-state index contributed by atoms with van der Waals surface area (Å²) in [7, 11) is -3.85. The standard InChI is InChI=1S/C14H21FN2O2S/c1-9(2)17(8-11-4-5-11)20(18,19)13-7-12(16)6-10(3)14(13)15/h6-7,9,11H,4-5,8,16H2,1-3H3. The monoisotopic (exact) mass is 300 g/mol. The van der Waals surface area contributed by atoms with Crippen LogP contribution in [0.2, 0.25) is 0 Å². The maximum atomic E-state index is 14.2. The van der Waals surface area contributed by atoms with Crippen LogP contribution in [0.15, 0.2) is 17.0 Å². The Morgan fingerprint density at radius 3 is 2.50 bits per heavy atom. The lowest BCUT2D eigenvalue weighted by Crippen LogP contribution is -2.39. The van der Waals surface area contributed by atoms with Crippen molar-refractivity contribution >= 4 is 15.7 Å². The smallest absolute Gasteiger partial charge is 0.246 e. The summed E-state index contributed by atoms with van der Waals surface area (Å²) in [4.78, 5) is -0.315. The zero-order valence-electron chi connectivity index (χ0n) is 12.1. The molecule has 1 aliphatic carbocycles. The van der Waals surface area contributed by atoms with Gasteiger partial charge in [-0.1, -0.05) is 0 Å². The molecule has 6 heteroatoms. The molecule has 0 bridgehead atoms. The van der Waals surface area contributed by atoms with E-state index in [9.17, 15) is 12.8 Å². The molecule has 4 nitrogen and oxygen atoms in total. The van der Waals surface area contributed by atoms with Crippen molar-refractivity contribution in [3.63, 3.8) is 0 Å². The molecule has 0 radical (unpaired) electrons. The summed E-state index contributed by atoms with van der Waals surface area (Å²) < 4.78 is 41.0. The summed E-state index contributed by atoms with van der Waals surface area (Å²) in [6, 6.07) is 2.44. The first-order valence-corrected chi connectivity index (χ1v) is 8.25. The topological polar surface area (TPSA) is 63.4 Å². The molecule has 1 fully saturated rings. The van der Waals surface area contributed by atoms with Crippen LogP contribution in [0.3, 0.4) is 0 Å². The third-order valence-electron chi connectivity index (χ3n) is 3.54. The van der Waals surface area contributed by atoms with Crippen molar-refractivity contribution in [1.29, 1.82) is 0 Å². The zero-order chi connectivity index (χ0) is 15.1. The molecule has 1 saturated carbocycles. The molecule has 0 amide bonds. The molecule has 0 aromatic heterocycles. The van der Waals surface area contributed by atoms with Gasteiger partial charge in [0.15, 0.2) is 0 Å². The van der Waals surface area contributed by atoms with E-state index in [1.54, 1.807) is 13.8 Å². The third-order valence-corrected chi connectivity index (χ3v) is 5.58. The van der Waals surface area contributed by atoms with Gasteiger partial charge in [0.25, 0.3) is 0 Å². The molecular formula is C14H21FN2O2S. The van der Waals surface area contributed by atoms with Crippen molar-refractivity contribution in [2.24, 2.45) is 5.92 Å². The molecule has 1 aliphatic rings. The molecule has 20 heavy (non-hydrogen) atoms. The lowest BCUT2D eigenvalue weighted by Gasteiger charge is -2.26. The lowest BCUT2D eigenvalue weighted by molar-refractivity contribution is 0.340. The summed E-state index contributed by atoms with van der Waals surface area (Å²) in [6.45, 7) is 5.58. The van der Waals surface area contributed by atoms with Gasteiger partial charge in [-0.3, -0.25) is 0 Å². The molecule has 2 N–H and O–H groups in total. The summed E-state index contributed by atoms with van der Waals surface area (Å²) in [5.74, 6) is -0.307. The fraction of sp³-hybridized carbons (Fsp3) is 0.571. The van der Waals surface area contributed by atoms with Gasteiger partial charge in [-0.05, 0) is 57.2 Å². The van der Waals surface area contributed by atoms with Crippen molar-refractivity contribution in [2.75, 3.05) is 12.3 Å². The SMILES string of the molecule is Cc1cc(N)cc(S(=O)(=O)N(CC2CC2)C(C)C)c1F. The lowest BCUT2D eigenvalue weighted by atomic mass is 10.2. The van der Waals surface area contributed by atoms with E-state index < -0.39 is 15.8 Å². The molecule has 0 spiro atoms. The van der Waals surface area contributed by atoms with E-state index in [0.717, 1.165) is 12.8 Å². The van der Waals surface area contributed by atoms with E-state index in [1.807, 2.05) is 0 Å². The van der Waals surface area contributed by atoms with Gasteiger partial charge in [-0.2, -0.15) is 4.31 Å². The van der Waals surface area contributed by atoms with Crippen LogP contribution < -0.4 is 5.73 Å². The van der Waals surface area contributed by atoms with E-state index in [1.165, 1.54) is 23.4 Å². The number of nitrogen functional groups attached to an aromatic ring is 1. The average molecular weight is 300 g/mol. The molecular weight excluding hydrogens is 279 g/mol. The van der Waals surface area contributed by atoms with Crippen molar-refractivity contribution in [3.05, 3.63) is 23.5 Å². The van der Waals surface area contributed by atoms with Crippen LogP contribution >= 0.6 is 0 Å². The fourth-order valence-electron chi connectivity index (χ4n) is 2.22. The van der Waals surface area contributed by atoms with Crippen LogP contribution in [0.4, 0.5) is 10.1 Å². The van der Waals surface area contributed by atoms with Crippen molar-refractivity contribution < 1.29 is 12.8 Å². The minimum atomic E-state index is -3.85. The summed E-state index contributed by atoms with van der Waals surface area (Å²) in [5, 5.41) is 0. The van der Waals surface area contributed by atoms with E-state index in [-0.39, 0.29) is 22.2 Å². The van der Waals surface area contributed by atoms with Crippen LogP contribution in [-0.2, 0) is 10.0 Å². The highest BCUT2D eigenvalue weighted by Gasteiger charge is 2.35. The van der Waals surface area contributed by atoms with Crippen LogP contribution in [0.25, 0.3) is 0 Å². The predicted octanol–water partition coefficient (Wildman–Crippen LogP) is 2.53. The van der Waals surface area contributed by atoms with E-state index in [4.69, 9.17) is 5.73 Å². The number of sulfonamides is 1. The van der Waals surface area contributed by atoms with Crippen LogP contribution in [0.5, 0.6) is 0 Å². The number of nitrogens with two attached hydrogens (primary N) is 1. The second-order valence-corrected chi connectivity index (χ2v) is 7.62. The molecule has 1 aromatic rings. The Hall–Kier alpha value is -1.14. The van der Waals surface area contributed by atoms with Gasteiger partial charge in [-0.15, -0.1) is 0 Å². The second kappa shape index (κ2) is 5.33. The number of aryl methyl sites for hydroxylation is 1. The quantitative estimate of drug-likeness (QED) is 0.850. The highest BCUT2D eigenvalue weighted by atomic mass is 32.2. The number of hydrogen-bond donors (Lipinski definition) is 1. The van der Waals surface area contributed by atoms with Gasteiger partial charge < -0.3 is 5.73 Å². The van der Waals surface area contributed by atoms with Gasteiger partial charge >= 0.3 is 0 Å². The molecule has 0 saturated heterocycles. The van der Waals surface area contributed by atoms with Crippen molar-refractivity contribution in [1.82, 2.24) is 4.31 Å². The Kier molecular flexibility index (Phi) is 4.07. The van der Waals surface area contributed by atoms with Gasteiger partial charge in [0.2, 0.25) is 10.0 Å². The Balaban J connectivity index is 2.46. The van der Waals surface area contributed by atoms with Crippen molar-refractivity contribution in [2.45, 2.75) is 44.6 Å². The number of benzene rings is 1. The molecule has 0 unspecified atom stereocenters. The number of halogens is 1. The Morgan fingerprint density at radius 1 is 1.40 bits per heavy atom. The molecule has 0 aliphatic heterocycles. The van der Waals surface area contributed by atoms with Gasteiger partial charge in [0.1, 0.15) is 10.7 Å². The second-order valence-electron chi connectivity index (χ2n) is 5.76. The first kappa shape index (κ1) is 15.3. The zero-order valence-corrected chi connectivity index (χ0v) is 12.9. The van der Waals surface area contributed by atoms with E-state index >= 15 is 0 Å². The summed E-state index contributed by atoms with van der Waals surface area (Å²) >= 11 is 0. The van der Waals surface area contributed by atoms with Crippen LogP contribution in [0, 0.1) is 18.7 Å². The number of hydrogen-bond acceptors (Lipinski definition) is 3. The fourth-order valence-corrected chi connectivity index (χ4v) is 4.11. The van der Waals surface area contributed by atoms with Gasteiger partial charge in [0, 0.05) is 18.3 Å². The molecule has 1 aromatic carbocycles. The third kappa shape index (κ3) is 2.96. The first-order valence-electron chi connectivity index (χ1n) is 6.81. The number of anilines is 1. The molecule has 2 rings (SSSR count). The number of nitrogens with zero attached hydrogens (tertiary/aromatic N) is 1. The average Bonchev–Trinajstić information content (AvgIpc) is 3.13. The highest BCUT2D eigenvalue weighted by molar-refractivity contribution is 7.89. The van der Waals surface area contributed by atoms with Gasteiger partial charge in [-0.25, -0.2) is 12.8 Å². The minimum absolute atomic E-state index is 0.207. The Labute approximate surface area is 119 Å². The largest absolute Gasteiger partial charge is 0.399 e. The molecule has 0 atom stereocenters. The highest BCUT2D eigenvalue weighted by Crippen LogP contribution is 2.33. The van der Waals surface area contributed by atoms with Crippen molar-refractivity contribution in [3.8, 4) is 0 Å².